The number of aliphatic imine (C=N–C) groups is 1. The quantitative estimate of drug-likeness (QED) is 0.344. The molecule has 1 heterocycles. The number of rotatable bonds is 5. The van der Waals surface area contributed by atoms with E-state index in [0.717, 1.165) is 30.5 Å². The minimum atomic E-state index is 0. The van der Waals surface area contributed by atoms with Crippen LogP contribution in [0.1, 0.15) is 17.0 Å². The smallest absolute Gasteiger partial charge is 0.191 e. The maximum Gasteiger partial charge on any atom is 0.191 e. The van der Waals surface area contributed by atoms with Crippen LogP contribution in [0.25, 0.3) is 0 Å². The molecule has 0 saturated heterocycles. The third-order valence-corrected chi connectivity index (χ3v) is 3.53. The predicted octanol–water partition coefficient (Wildman–Crippen LogP) is 1.68. The van der Waals surface area contributed by atoms with E-state index in [4.69, 9.17) is 0 Å². The summed E-state index contributed by atoms with van der Waals surface area (Å²) in [5.41, 5.74) is 3.51. The van der Waals surface area contributed by atoms with Crippen molar-refractivity contribution in [3.63, 3.8) is 0 Å². The molecule has 1 rings (SSSR count). The van der Waals surface area contributed by atoms with Crippen LogP contribution in [0.2, 0.25) is 0 Å². The fourth-order valence-electron chi connectivity index (χ4n) is 1.74. The number of aryl methyl sites for hydroxylation is 2. The first kappa shape index (κ1) is 18.6. The lowest BCUT2D eigenvalue weighted by atomic mass is 10.2. The van der Waals surface area contributed by atoms with Gasteiger partial charge in [0.25, 0.3) is 0 Å². The number of halogens is 1. The Kier molecular flexibility index (Phi) is 9.24. The van der Waals surface area contributed by atoms with Crippen LogP contribution < -0.4 is 10.6 Å². The molecular weight excluding hydrogens is 373 g/mol. The second-order valence-electron chi connectivity index (χ2n) is 4.12. The lowest BCUT2D eigenvalue weighted by molar-refractivity contribution is 0.729. The highest BCUT2D eigenvalue weighted by Crippen LogP contribution is 2.10. The molecule has 0 aromatic carbocycles. The van der Waals surface area contributed by atoms with Gasteiger partial charge in [-0.15, -0.1) is 24.0 Å². The second-order valence-corrected chi connectivity index (χ2v) is 5.10. The summed E-state index contributed by atoms with van der Waals surface area (Å²) in [6.07, 6.45) is 2.10. The molecule has 0 aliphatic rings. The fraction of sp³-hybridized carbons (Fsp3) is 0.667. The van der Waals surface area contributed by atoms with Crippen LogP contribution in [0.15, 0.2) is 4.99 Å². The minimum Gasteiger partial charge on any atom is -0.356 e. The van der Waals surface area contributed by atoms with Crippen molar-refractivity contribution in [2.24, 2.45) is 12.0 Å². The Balaban J connectivity index is 0.00000324. The van der Waals surface area contributed by atoms with Crippen LogP contribution >= 0.6 is 35.7 Å². The normalized spacial score (nSPS) is 11.1. The number of hydrogen-bond acceptors (Lipinski definition) is 3. The molecule has 0 saturated carbocycles. The van der Waals surface area contributed by atoms with Crippen molar-refractivity contribution < 1.29 is 0 Å². The van der Waals surface area contributed by atoms with Gasteiger partial charge in [0.1, 0.15) is 0 Å². The molecule has 0 fully saturated rings. The van der Waals surface area contributed by atoms with Gasteiger partial charge in [0.2, 0.25) is 0 Å². The molecule has 0 aliphatic heterocycles. The summed E-state index contributed by atoms with van der Waals surface area (Å²) in [5, 5.41) is 11.0. The molecule has 19 heavy (non-hydrogen) atoms. The van der Waals surface area contributed by atoms with E-state index >= 15 is 0 Å². The maximum absolute atomic E-state index is 4.40. The first-order chi connectivity index (χ1) is 8.60. The summed E-state index contributed by atoms with van der Waals surface area (Å²) >= 11 is 1.82. The van der Waals surface area contributed by atoms with Crippen molar-refractivity contribution in [1.29, 1.82) is 0 Å². The third-order valence-electron chi connectivity index (χ3n) is 2.91. The minimum absolute atomic E-state index is 0. The largest absolute Gasteiger partial charge is 0.356 e. The number of hydrogen-bond donors (Lipinski definition) is 2. The number of thioether (sulfide) groups is 1. The standard InChI is InChI=1S/C12H23N5S.HI/c1-9-11(10(2)17(4)16-9)8-15-12(13-3)14-6-7-18-5;/h6-8H2,1-5H3,(H2,13,14,15);1H. The van der Waals surface area contributed by atoms with Crippen molar-refractivity contribution in [2.75, 3.05) is 25.6 Å². The summed E-state index contributed by atoms with van der Waals surface area (Å²) in [5.74, 6) is 1.91. The summed E-state index contributed by atoms with van der Waals surface area (Å²) in [6, 6.07) is 0. The molecule has 2 N–H and O–H groups in total. The van der Waals surface area contributed by atoms with Crippen molar-refractivity contribution in [1.82, 2.24) is 20.4 Å². The van der Waals surface area contributed by atoms with Crippen LogP contribution in [0.3, 0.4) is 0 Å². The van der Waals surface area contributed by atoms with Crippen LogP contribution in [-0.2, 0) is 13.6 Å². The average Bonchev–Trinajstić information content (AvgIpc) is 2.59. The van der Waals surface area contributed by atoms with E-state index in [1.807, 2.05) is 30.4 Å². The van der Waals surface area contributed by atoms with Crippen molar-refractivity contribution >= 4 is 41.7 Å². The second kappa shape index (κ2) is 9.46. The maximum atomic E-state index is 4.40. The monoisotopic (exact) mass is 397 g/mol. The van der Waals surface area contributed by atoms with E-state index in [1.54, 1.807) is 7.05 Å². The van der Waals surface area contributed by atoms with Crippen LogP contribution in [0.5, 0.6) is 0 Å². The Morgan fingerprint density at radius 1 is 1.37 bits per heavy atom. The number of nitrogens with one attached hydrogen (secondary N) is 2. The zero-order chi connectivity index (χ0) is 13.5. The predicted molar refractivity (Wildman–Crippen MR) is 94.7 cm³/mol. The number of guanidine groups is 1. The zero-order valence-electron chi connectivity index (χ0n) is 12.3. The van der Waals surface area contributed by atoms with Crippen molar-refractivity contribution in [3.8, 4) is 0 Å². The summed E-state index contributed by atoms with van der Waals surface area (Å²) < 4.78 is 1.91. The number of aromatic nitrogens is 2. The molecule has 0 radical (unpaired) electrons. The molecule has 7 heteroatoms. The van der Waals surface area contributed by atoms with Gasteiger partial charge in [-0.05, 0) is 20.1 Å². The Morgan fingerprint density at radius 3 is 2.53 bits per heavy atom. The van der Waals surface area contributed by atoms with Crippen LogP contribution in [-0.4, -0.2) is 41.3 Å². The molecule has 0 aliphatic carbocycles. The van der Waals surface area contributed by atoms with Gasteiger partial charge in [0.15, 0.2) is 5.96 Å². The summed E-state index contributed by atoms with van der Waals surface area (Å²) in [7, 11) is 3.76. The zero-order valence-corrected chi connectivity index (χ0v) is 15.4. The van der Waals surface area contributed by atoms with Gasteiger partial charge in [-0.1, -0.05) is 0 Å². The average molecular weight is 397 g/mol. The molecule has 5 nitrogen and oxygen atoms in total. The molecule has 0 amide bonds. The van der Waals surface area contributed by atoms with Gasteiger partial charge < -0.3 is 10.6 Å². The number of nitrogens with zero attached hydrogens (tertiary/aromatic N) is 3. The highest BCUT2D eigenvalue weighted by Gasteiger charge is 2.09. The molecule has 0 spiro atoms. The van der Waals surface area contributed by atoms with E-state index in [-0.39, 0.29) is 24.0 Å². The Morgan fingerprint density at radius 2 is 2.05 bits per heavy atom. The fourth-order valence-corrected chi connectivity index (χ4v) is 2.04. The van der Waals surface area contributed by atoms with Gasteiger partial charge >= 0.3 is 0 Å². The molecule has 110 valence electrons. The molecule has 0 atom stereocenters. The Hall–Kier alpha value is -0.440. The van der Waals surface area contributed by atoms with Crippen LogP contribution in [0, 0.1) is 13.8 Å². The Bertz CT molecular complexity index is 416. The summed E-state index contributed by atoms with van der Waals surface area (Å²) in [4.78, 5) is 4.20. The van der Waals surface area contributed by atoms with Crippen molar-refractivity contribution in [3.05, 3.63) is 17.0 Å². The van der Waals surface area contributed by atoms with E-state index in [1.165, 1.54) is 11.3 Å². The van der Waals surface area contributed by atoms with E-state index in [2.05, 4.69) is 33.9 Å². The van der Waals surface area contributed by atoms with Gasteiger partial charge in [-0.3, -0.25) is 9.67 Å². The van der Waals surface area contributed by atoms with Gasteiger partial charge in [-0.25, -0.2) is 0 Å². The molecule has 0 bridgehead atoms. The molecule has 1 aromatic rings. The lowest BCUT2D eigenvalue weighted by Crippen LogP contribution is -2.38. The molecular formula is C12H24IN5S. The van der Waals surface area contributed by atoms with Crippen molar-refractivity contribution in [2.45, 2.75) is 20.4 Å². The highest BCUT2D eigenvalue weighted by molar-refractivity contribution is 14.0. The van der Waals surface area contributed by atoms with E-state index in [9.17, 15) is 0 Å². The van der Waals surface area contributed by atoms with Crippen LogP contribution in [0.4, 0.5) is 0 Å². The van der Waals surface area contributed by atoms with Gasteiger partial charge in [-0.2, -0.15) is 16.9 Å². The molecule has 1 aromatic heterocycles. The highest BCUT2D eigenvalue weighted by atomic mass is 127. The van der Waals surface area contributed by atoms with Gasteiger partial charge in [0, 0.05) is 44.2 Å². The Labute approximate surface area is 137 Å². The van der Waals surface area contributed by atoms with E-state index in [0.29, 0.717) is 0 Å². The molecule has 0 unspecified atom stereocenters. The van der Waals surface area contributed by atoms with Gasteiger partial charge in [0.05, 0.1) is 5.69 Å². The van der Waals surface area contributed by atoms with E-state index < -0.39 is 0 Å². The lowest BCUT2D eigenvalue weighted by Gasteiger charge is -2.11. The topological polar surface area (TPSA) is 54.2 Å². The first-order valence-corrected chi connectivity index (χ1v) is 7.42. The summed E-state index contributed by atoms with van der Waals surface area (Å²) in [6.45, 7) is 5.80. The first-order valence-electron chi connectivity index (χ1n) is 6.02. The SMILES string of the molecule is CN=C(NCCSC)NCc1c(C)nn(C)c1C.I. The third kappa shape index (κ3) is 5.60.